The number of hydrogen-bond donors (Lipinski definition) is 3. The van der Waals surface area contributed by atoms with E-state index in [9.17, 15) is 14.0 Å². The first kappa shape index (κ1) is 12.8. The van der Waals surface area contributed by atoms with Gasteiger partial charge < -0.3 is 15.3 Å². The van der Waals surface area contributed by atoms with Crippen LogP contribution in [0.1, 0.15) is 10.5 Å². The Morgan fingerprint density at radius 3 is 2.72 bits per heavy atom. The summed E-state index contributed by atoms with van der Waals surface area (Å²) in [6, 6.07) is 2.24. The minimum atomic E-state index is -0.567. The Kier molecular flexibility index (Phi) is 3.53. The molecule has 2 rings (SSSR count). The van der Waals surface area contributed by atoms with Crippen molar-refractivity contribution in [3.05, 3.63) is 49.8 Å². The third-order valence-electron chi connectivity index (χ3n) is 2.09. The number of imidazole rings is 1. The molecule has 5 nitrogen and oxygen atoms in total. The number of aromatic nitrogens is 2. The highest BCUT2D eigenvalue weighted by Gasteiger charge is 2.14. The molecule has 1 amide bonds. The molecule has 0 saturated carbocycles. The zero-order valence-corrected chi connectivity index (χ0v) is 11.0. The van der Waals surface area contributed by atoms with E-state index in [0.717, 1.165) is 6.07 Å². The quantitative estimate of drug-likeness (QED) is 0.789. The summed E-state index contributed by atoms with van der Waals surface area (Å²) in [5.41, 5.74) is -0.221. The van der Waals surface area contributed by atoms with Crippen molar-refractivity contribution in [1.82, 2.24) is 9.97 Å². The molecule has 18 heavy (non-hydrogen) atoms. The van der Waals surface area contributed by atoms with E-state index in [-0.39, 0.29) is 16.4 Å². The average molecular weight is 335 g/mol. The lowest BCUT2D eigenvalue weighted by Crippen LogP contribution is -2.14. The van der Waals surface area contributed by atoms with E-state index in [1.54, 1.807) is 0 Å². The van der Waals surface area contributed by atoms with Gasteiger partial charge in [-0.3, -0.25) is 4.79 Å². The molecule has 2 aromatic rings. The van der Waals surface area contributed by atoms with Crippen LogP contribution < -0.4 is 11.0 Å². The van der Waals surface area contributed by atoms with Gasteiger partial charge in [-0.25, -0.2) is 9.18 Å². The second-order valence-electron chi connectivity index (χ2n) is 3.36. The topological polar surface area (TPSA) is 77.8 Å². The summed E-state index contributed by atoms with van der Waals surface area (Å²) >= 11 is 8.89. The predicted molar refractivity (Wildman–Crippen MR) is 68.5 cm³/mol. The van der Waals surface area contributed by atoms with Gasteiger partial charge in [-0.2, -0.15) is 0 Å². The van der Waals surface area contributed by atoms with Crippen molar-refractivity contribution in [2.24, 2.45) is 0 Å². The van der Waals surface area contributed by atoms with Crippen molar-refractivity contribution in [3.8, 4) is 0 Å². The molecule has 0 spiro atoms. The van der Waals surface area contributed by atoms with Crippen LogP contribution in [0.4, 0.5) is 10.1 Å². The molecule has 1 aromatic carbocycles. The van der Waals surface area contributed by atoms with Gasteiger partial charge in [0.15, 0.2) is 0 Å². The van der Waals surface area contributed by atoms with E-state index < -0.39 is 17.4 Å². The molecule has 1 aromatic heterocycles. The number of aromatic amines is 2. The van der Waals surface area contributed by atoms with Crippen LogP contribution in [0.5, 0.6) is 0 Å². The Bertz CT molecular complexity index is 644. The molecular formula is C10H6BrClFN3O2. The number of benzene rings is 1. The first-order valence-electron chi connectivity index (χ1n) is 4.71. The second-order valence-corrected chi connectivity index (χ2v) is 4.62. The summed E-state index contributed by atoms with van der Waals surface area (Å²) in [5, 5.41) is 2.51. The molecule has 0 bridgehead atoms. The van der Waals surface area contributed by atoms with Gasteiger partial charge in [0.25, 0.3) is 5.91 Å². The van der Waals surface area contributed by atoms with Gasteiger partial charge in [-0.05, 0) is 28.1 Å². The lowest BCUT2D eigenvalue weighted by atomic mass is 10.3. The van der Waals surface area contributed by atoms with E-state index >= 15 is 0 Å². The maximum absolute atomic E-state index is 13.0. The molecule has 0 aliphatic carbocycles. The van der Waals surface area contributed by atoms with Crippen molar-refractivity contribution in [3.63, 3.8) is 0 Å². The van der Waals surface area contributed by atoms with Gasteiger partial charge in [0.1, 0.15) is 11.5 Å². The number of nitrogens with one attached hydrogen (secondary N) is 3. The number of amides is 1. The van der Waals surface area contributed by atoms with Crippen molar-refractivity contribution < 1.29 is 9.18 Å². The number of anilines is 1. The summed E-state index contributed by atoms with van der Waals surface area (Å²) < 4.78 is 13.3. The Labute approximate surface area is 113 Å². The Hall–Kier alpha value is -1.60. The second kappa shape index (κ2) is 4.95. The van der Waals surface area contributed by atoms with Gasteiger partial charge in [-0.1, -0.05) is 11.6 Å². The maximum Gasteiger partial charge on any atom is 0.323 e. The molecule has 94 valence electrons. The Balaban J connectivity index is 2.30. The third kappa shape index (κ3) is 2.62. The SMILES string of the molecule is O=C(Nc1c(Cl)cc(F)cc1Br)c1c[nH]c(=O)[nH]1. The summed E-state index contributed by atoms with van der Waals surface area (Å²) in [6.45, 7) is 0. The normalized spacial score (nSPS) is 10.4. The highest BCUT2D eigenvalue weighted by atomic mass is 79.9. The molecule has 1 heterocycles. The minimum Gasteiger partial charge on any atom is -0.318 e. The Morgan fingerprint density at radius 1 is 1.44 bits per heavy atom. The molecule has 0 atom stereocenters. The van der Waals surface area contributed by atoms with Gasteiger partial charge in [0.05, 0.1) is 10.7 Å². The van der Waals surface area contributed by atoms with Crippen molar-refractivity contribution in [2.75, 3.05) is 5.32 Å². The van der Waals surface area contributed by atoms with Crippen LogP contribution in [0.25, 0.3) is 0 Å². The number of halogens is 3. The standard InChI is InChI=1S/C10H6BrClFN3O2/c11-5-1-4(13)2-6(12)8(5)16-9(17)7-3-14-10(18)15-7/h1-3H,(H,16,17)(H2,14,15,18). The van der Waals surface area contributed by atoms with Crippen LogP contribution >= 0.6 is 27.5 Å². The molecular weight excluding hydrogens is 328 g/mol. The van der Waals surface area contributed by atoms with Gasteiger partial charge >= 0.3 is 5.69 Å². The van der Waals surface area contributed by atoms with Crippen LogP contribution in [0, 0.1) is 5.82 Å². The molecule has 0 radical (unpaired) electrons. The lowest BCUT2D eigenvalue weighted by molar-refractivity contribution is 0.102. The number of carbonyl (C=O) groups excluding carboxylic acids is 1. The molecule has 8 heteroatoms. The zero-order valence-electron chi connectivity index (χ0n) is 8.68. The highest BCUT2D eigenvalue weighted by molar-refractivity contribution is 9.10. The van der Waals surface area contributed by atoms with Crippen molar-refractivity contribution in [2.45, 2.75) is 0 Å². The molecule has 0 fully saturated rings. The van der Waals surface area contributed by atoms with E-state index in [4.69, 9.17) is 11.6 Å². The minimum absolute atomic E-state index is 0.0484. The van der Waals surface area contributed by atoms with Crippen LogP contribution in [0.2, 0.25) is 5.02 Å². The fraction of sp³-hybridized carbons (Fsp3) is 0. The average Bonchev–Trinajstić information content (AvgIpc) is 2.70. The van der Waals surface area contributed by atoms with Crippen LogP contribution in [-0.2, 0) is 0 Å². The molecule has 0 aliphatic heterocycles. The van der Waals surface area contributed by atoms with Gasteiger partial charge in [-0.15, -0.1) is 0 Å². The predicted octanol–water partition coefficient (Wildman–Crippen LogP) is 2.51. The van der Waals surface area contributed by atoms with Crippen molar-refractivity contribution >= 4 is 39.1 Å². The van der Waals surface area contributed by atoms with Crippen molar-refractivity contribution in [1.29, 1.82) is 0 Å². The summed E-state index contributed by atoms with van der Waals surface area (Å²) in [7, 11) is 0. The van der Waals surface area contributed by atoms with Gasteiger partial charge in [0, 0.05) is 10.7 Å². The van der Waals surface area contributed by atoms with E-state index in [1.807, 2.05) is 0 Å². The number of rotatable bonds is 2. The molecule has 0 saturated heterocycles. The maximum atomic E-state index is 13.0. The Morgan fingerprint density at radius 2 is 2.17 bits per heavy atom. The zero-order chi connectivity index (χ0) is 13.3. The largest absolute Gasteiger partial charge is 0.323 e. The smallest absolute Gasteiger partial charge is 0.318 e. The third-order valence-corrected chi connectivity index (χ3v) is 3.01. The summed E-state index contributed by atoms with van der Waals surface area (Å²) in [4.78, 5) is 27.2. The number of hydrogen-bond acceptors (Lipinski definition) is 2. The summed E-state index contributed by atoms with van der Waals surface area (Å²) in [6.07, 6.45) is 1.23. The fourth-order valence-corrected chi connectivity index (χ4v) is 2.20. The fourth-order valence-electron chi connectivity index (χ4n) is 1.30. The molecule has 3 N–H and O–H groups in total. The van der Waals surface area contributed by atoms with E-state index in [0.29, 0.717) is 4.47 Å². The van der Waals surface area contributed by atoms with E-state index in [1.165, 1.54) is 12.3 Å². The summed E-state index contributed by atoms with van der Waals surface area (Å²) in [5.74, 6) is -1.09. The lowest BCUT2D eigenvalue weighted by Gasteiger charge is -2.08. The monoisotopic (exact) mass is 333 g/mol. The number of H-pyrrole nitrogens is 2. The number of carbonyl (C=O) groups is 1. The molecule has 0 unspecified atom stereocenters. The van der Waals surface area contributed by atoms with Crippen LogP contribution in [-0.4, -0.2) is 15.9 Å². The van der Waals surface area contributed by atoms with Crippen LogP contribution in [0.3, 0.4) is 0 Å². The first-order chi connectivity index (χ1) is 8.47. The molecule has 0 aliphatic rings. The highest BCUT2D eigenvalue weighted by Crippen LogP contribution is 2.31. The van der Waals surface area contributed by atoms with E-state index in [2.05, 4.69) is 31.2 Å². The first-order valence-corrected chi connectivity index (χ1v) is 5.88. The van der Waals surface area contributed by atoms with Gasteiger partial charge in [0.2, 0.25) is 0 Å². The van der Waals surface area contributed by atoms with Crippen LogP contribution in [0.15, 0.2) is 27.6 Å².